The van der Waals surface area contributed by atoms with E-state index in [4.69, 9.17) is 5.11 Å². The van der Waals surface area contributed by atoms with E-state index in [0.717, 1.165) is 71.0 Å². The van der Waals surface area contributed by atoms with E-state index in [1.807, 2.05) is 0 Å². The highest BCUT2D eigenvalue weighted by atomic mass is 16.3. The third kappa shape index (κ3) is 16.7. The Labute approximate surface area is 232 Å². The quantitative estimate of drug-likeness (QED) is 0.167. The Morgan fingerprint density at radius 3 is 1.97 bits per heavy atom. The lowest BCUT2D eigenvalue weighted by atomic mass is 10.0. The zero-order valence-corrected chi connectivity index (χ0v) is 24.1. The van der Waals surface area contributed by atoms with Gasteiger partial charge in [0.15, 0.2) is 0 Å². The molecule has 38 heavy (non-hydrogen) atoms. The van der Waals surface area contributed by atoms with E-state index in [1.165, 1.54) is 64.6 Å². The monoisotopic (exact) mass is 538 g/mol. The summed E-state index contributed by atoms with van der Waals surface area (Å²) in [7, 11) is 0. The smallest absolute Gasteiger partial charge is 0.220 e. The minimum Gasteiger partial charge on any atom is -0.394 e. The van der Waals surface area contributed by atoms with Crippen molar-refractivity contribution in [2.45, 2.75) is 128 Å². The van der Waals surface area contributed by atoms with Gasteiger partial charge in [-0.05, 0) is 96.8 Å². The fourth-order valence-corrected chi connectivity index (χ4v) is 5.65. The van der Waals surface area contributed by atoms with Gasteiger partial charge in [-0.25, -0.2) is 0 Å². The molecule has 0 aromatic rings. The molecule has 8 nitrogen and oxygen atoms in total. The van der Waals surface area contributed by atoms with Crippen molar-refractivity contribution in [1.82, 2.24) is 20.4 Å². The molecule has 0 bridgehead atoms. The molecule has 2 amide bonds. The van der Waals surface area contributed by atoms with Crippen molar-refractivity contribution in [3.8, 4) is 0 Å². The summed E-state index contributed by atoms with van der Waals surface area (Å²) in [6.45, 7) is 7.51. The predicted molar refractivity (Wildman–Crippen MR) is 154 cm³/mol. The van der Waals surface area contributed by atoms with Gasteiger partial charge in [-0.1, -0.05) is 32.1 Å². The Hall–Kier alpha value is -1.22. The standard InChI is InChI=1S/C30H58N4O4/c35-26-28(36)14-8-9-19-31-29(37)15-6-2-1-3-10-23-34-24-17-27(18-25-34)32-30(38)16-7-4-11-20-33-21-12-5-13-22-33/h27-28,35-36H,1-26H2,(H,31,37)(H,32,38). The maximum Gasteiger partial charge on any atom is 0.220 e. The summed E-state index contributed by atoms with van der Waals surface area (Å²) in [6.07, 6.45) is 18.1. The Bertz CT molecular complexity index is 607. The van der Waals surface area contributed by atoms with Gasteiger partial charge >= 0.3 is 0 Å². The number of piperidine rings is 2. The molecule has 1 unspecified atom stereocenters. The van der Waals surface area contributed by atoms with Crippen LogP contribution in [0.4, 0.5) is 0 Å². The Balaban J connectivity index is 1.34. The number of hydrogen-bond donors (Lipinski definition) is 4. The molecule has 0 radical (unpaired) electrons. The summed E-state index contributed by atoms with van der Waals surface area (Å²) < 4.78 is 0. The van der Waals surface area contributed by atoms with Gasteiger partial charge in [0.2, 0.25) is 11.8 Å². The van der Waals surface area contributed by atoms with Crippen LogP contribution in [-0.2, 0) is 9.59 Å². The number of aliphatic hydroxyl groups is 2. The van der Waals surface area contributed by atoms with E-state index in [9.17, 15) is 14.7 Å². The number of unbranched alkanes of at least 4 members (excludes halogenated alkanes) is 7. The fraction of sp³-hybridized carbons (Fsp3) is 0.933. The number of rotatable bonds is 21. The molecular formula is C30H58N4O4. The first-order valence-electron chi connectivity index (χ1n) is 15.9. The molecule has 0 spiro atoms. The zero-order chi connectivity index (χ0) is 27.3. The largest absolute Gasteiger partial charge is 0.394 e. The normalized spacial score (nSPS) is 18.4. The third-order valence-corrected chi connectivity index (χ3v) is 8.15. The maximum atomic E-state index is 12.3. The Morgan fingerprint density at radius 2 is 1.29 bits per heavy atom. The van der Waals surface area contributed by atoms with E-state index in [1.54, 1.807) is 0 Å². The lowest BCUT2D eigenvalue weighted by molar-refractivity contribution is -0.122. The minimum absolute atomic E-state index is 0.121. The van der Waals surface area contributed by atoms with Crippen LogP contribution in [0.15, 0.2) is 0 Å². The molecule has 2 fully saturated rings. The molecule has 8 heteroatoms. The number of carbonyl (C=O) groups is 2. The van der Waals surface area contributed by atoms with E-state index in [0.29, 0.717) is 31.8 Å². The van der Waals surface area contributed by atoms with Crippen LogP contribution in [0.3, 0.4) is 0 Å². The van der Waals surface area contributed by atoms with Gasteiger partial charge in [-0.15, -0.1) is 0 Å². The van der Waals surface area contributed by atoms with E-state index in [2.05, 4.69) is 20.4 Å². The van der Waals surface area contributed by atoms with Crippen LogP contribution >= 0.6 is 0 Å². The number of amides is 2. The molecule has 2 saturated heterocycles. The summed E-state index contributed by atoms with van der Waals surface area (Å²) in [4.78, 5) is 29.3. The van der Waals surface area contributed by atoms with Crippen molar-refractivity contribution in [1.29, 1.82) is 0 Å². The molecular weight excluding hydrogens is 480 g/mol. The van der Waals surface area contributed by atoms with Crippen molar-refractivity contribution in [2.24, 2.45) is 0 Å². The molecule has 0 aliphatic carbocycles. The van der Waals surface area contributed by atoms with Crippen LogP contribution in [0.5, 0.6) is 0 Å². The molecule has 2 aliphatic heterocycles. The molecule has 2 heterocycles. The average molecular weight is 539 g/mol. The number of likely N-dealkylation sites (tertiary alicyclic amines) is 2. The number of aliphatic hydroxyl groups excluding tert-OH is 2. The molecule has 0 aromatic carbocycles. The van der Waals surface area contributed by atoms with E-state index < -0.39 is 6.10 Å². The van der Waals surface area contributed by atoms with Gasteiger partial charge < -0.3 is 30.6 Å². The number of carbonyl (C=O) groups excluding carboxylic acids is 2. The van der Waals surface area contributed by atoms with Crippen LogP contribution in [0.25, 0.3) is 0 Å². The first kappa shape index (κ1) is 33.0. The first-order valence-corrected chi connectivity index (χ1v) is 15.9. The number of nitrogens with one attached hydrogen (secondary N) is 2. The molecule has 4 N–H and O–H groups in total. The summed E-state index contributed by atoms with van der Waals surface area (Å²) in [5.74, 6) is 0.364. The first-order chi connectivity index (χ1) is 18.6. The van der Waals surface area contributed by atoms with Crippen molar-refractivity contribution < 1.29 is 19.8 Å². The molecule has 0 aromatic heterocycles. The van der Waals surface area contributed by atoms with Gasteiger partial charge in [0.1, 0.15) is 0 Å². The fourth-order valence-electron chi connectivity index (χ4n) is 5.65. The van der Waals surface area contributed by atoms with Crippen LogP contribution in [0, 0.1) is 0 Å². The van der Waals surface area contributed by atoms with Gasteiger partial charge in [0, 0.05) is 38.5 Å². The van der Waals surface area contributed by atoms with Crippen molar-refractivity contribution in [3.05, 3.63) is 0 Å². The van der Waals surface area contributed by atoms with Crippen molar-refractivity contribution in [2.75, 3.05) is 52.4 Å². The second kappa shape index (κ2) is 21.6. The zero-order valence-electron chi connectivity index (χ0n) is 24.1. The minimum atomic E-state index is -0.635. The van der Waals surface area contributed by atoms with Gasteiger partial charge in [-0.2, -0.15) is 0 Å². The molecule has 1 atom stereocenters. The lowest BCUT2D eigenvalue weighted by Gasteiger charge is -2.32. The topological polar surface area (TPSA) is 105 Å². The van der Waals surface area contributed by atoms with Crippen LogP contribution in [-0.4, -0.2) is 96.4 Å². The summed E-state index contributed by atoms with van der Waals surface area (Å²) in [5, 5.41) is 24.3. The van der Waals surface area contributed by atoms with Crippen LogP contribution < -0.4 is 10.6 Å². The highest BCUT2D eigenvalue weighted by Crippen LogP contribution is 2.14. The number of nitrogens with zero attached hydrogens (tertiary/aromatic N) is 2. The maximum absolute atomic E-state index is 12.3. The summed E-state index contributed by atoms with van der Waals surface area (Å²) >= 11 is 0. The van der Waals surface area contributed by atoms with Gasteiger partial charge in [0.05, 0.1) is 12.7 Å². The molecule has 0 saturated carbocycles. The molecule has 2 aliphatic rings. The molecule has 2 rings (SSSR count). The van der Waals surface area contributed by atoms with E-state index in [-0.39, 0.29) is 18.4 Å². The van der Waals surface area contributed by atoms with Crippen molar-refractivity contribution in [3.63, 3.8) is 0 Å². The van der Waals surface area contributed by atoms with Gasteiger partial charge in [-0.3, -0.25) is 9.59 Å². The number of hydrogen-bond acceptors (Lipinski definition) is 6. The Morgan fingerprint density at radius 1 is 0.711 bits per heavy atom. The SMILES string of the molecule is O=C(CCCCCCCN1CCC(NC(=O)CCCCCN2CCCCC2)CC1)NCCCCC(O)CO. The van der Waals surface area contributed by atoms with Crippen molar-refractivity contribution >= 4 is 11.8 Å². The highest BCUT2D eigenvalue weighted by Gasteiger charge is 2.20. The highest BCUT2D eigenvalue weighted by molar-refractivity contribution is 5.76. The van der Waals surface area contributed by atoms with Crippen LogP contribution in [0.2, 0.25) is 0 Å². The second-order valence-corrected chi connectivity index (χ2v) is 11.6. The van der Waals surface area contributed by atoms with Crippen LogP contribution in [0.1, 0.15) is 116 Å². The van der Waals surface area contributed by atoms with E-state index >= 15 is 0 Å². The lowest BCUT2D eigenvalue weighted by Crippen LogP contribution is -2.44. The third-order valence-electron chi connectivity index (χ3n) is 8.15. The van der Waals surface area contributed by atoms with Gasteiger partial charge in [0.25, 0.3) is 0 Å². The summed E-state index contributed by atoms with van der Waals surface area (Å²) in [6, 6.07) is 0.352. The predicted octanol–water partition coefficient (Wildman–Crippen LogP) is 3.59. The molecule has 222 valence electrons. The average Bonchev–Trinajstić information content (AvgIpc) is 2.93. The summed E-state index contributed by atoms with van der Waals surface area (Å²) in [5.41, 5.74) is 0. The second-order valence-electron chi connectivity index (χ2n) is 11.6. The Kier molecular flexibility index (Phi) is 18.7.